The second-order valence-corrected chi connectivity index (χ2v) is 17.7. The predicted molar refractivity (Wildman–Crippen MR) is 224 cm³/mol. The number of carbonyl (C=O) groups is 4. The van der Waals surface area contributed by atoms with Crippen LogP contribution in [-0.2, 0) is 28.2 Å². The van der Waals surface area contributed by atoms with Crippen molar-refractivity contribution < 1.29 is 42.6 Å². The number of carbonyl (C=O) groups excluding carboxylic acids is 4. The molecular weight excluding hydrogens is 729 g/mol. The SMILES string of the molecule is CCCCCCCCCCCCCCCC(=O)OC[C@@H](COP(=O)(O)CCN1C(=O)c2ccccc2C1=O)OC(=O)CCCCCCCCCCCCCCC. The molecule has 1 aromatic carbocycles. The van der Waals surface area contributed by atoms with Gasteiger partial charge in [0.1, 0.15) is 6.61 Å². The zero-order valence-electron chi connectivity index (χ0n) is 35.1. The Balaban J connectivity index is 1.71. The van der Waals surface area contributed by atoms with Gasteiger partial charge in [0.05, 0.1) is 23.9 Å². The molecule has 1 heterocycles. The summed E-state index contributed by atoms with van der Waals surface area (Å²) in [5, 5.41) is 0. The Morgan fingerprint density at radius 2 is 0.964 bits per heavy atom. The van der Waals surface area contributed by atoms with E-state index in [9.17, 15) is 28.6 Å². The highest BCUT2D eigenvalue weighted by molar-refractivity contribution is 7.52. The molecule has 0 bridgehead atoms. The number of esters is 2. The standard InChI is InChI=1S/C45H76NO9P/c1-3-5-7-9-11-13-15-17-19-21-23-25-27-33-42(47)53-37-39(55-43(48)34-28-26-24-22-20-18-16-14-12-10-8-6-4-2)38-54-56(51,52)36-35-46-44(49)40-31-29-30-32-41(40)45(46)50/h29-32,39H,3-28,33-38H2,1-2H3,(H,51,52)/t39-/m0/s1. The minimum atomic E-state index is -4.31. The van der Waals surface area contributed by atoms with Gasteiger partial charge in [-0.15, -0.1) is 0 Å². The second-order valence-electron chi connectivity index (χ2n) is 15.7. The van der Waals surface area contributed by atoms with Crippen LogP contribution in [-0.4, -0.2) is 65.6 Å². The molecule has 11 heteroatoms. The van der Waals surface area contributed by atoms with Crippen molar-refractivity contribution in [1.82, 2.24) is 4.90 Å². The van der Waals surface area contributed by atoms with Crippen LogP contribution in [0.25, 0.3) is 0 Å². The van der Waals surface area contributed by atoms with E-state index in [0.29, 0.717) is 12.8 Å². The number of rotatable bonds is 37. The molecule has 2 amide bonds. The summed E-state index contributed by atoms with van der Waals surface area (Å²) in [5.74, 6) is -1.95. The van der Waals surface area contributed by atoms with Crippen molar-refractivity contribution in [2.45, 2.75) is 200 Å². The van der Waals surface area contributed by atoms with Gasteiger partial charge >= 0.3 is 19.5 Å². The van der Waals surface area contributed by atoms with Crippen LogP contribution in [0.4, 0.5) is 0 Å². The lowest BCUT2D eigenvalue weighted by molar-refractivity contribution is -0.161. The van der Waals surface area contributed by atoms with Crippen LogP contribution in [0.2, 0.25) is 0 Å². The Kier molecular flexibility index (Phi) is 27.8. The van der Waals surface area contributed by atoms with E-state index in [1.165, 1.54) is 116 Å². The summed E-state index contributed by atoms with van der Waals surface area (Å²) in [6.45, 7) is 3.42. The van der Waals surface area contributed by atoms with Gasteiger partial charge in [0.2, 0.25) is 0 Å². The summed E-state index contributed by atoms with van der Waals surface area (Å²) in [6.07, 6.45) is 30.0. The normalized spacial score (nSPS) is 14.2. The summed E-state index contributed by atoms with van der Waals surface area (Å²) in [5.41, 5.74) is 0.504. The van der Waals surface area contributed by atoms with Crippen molar-refractivity contribution in [1.29, 1.82) is 0 Å². The largest absolute Gasteiger partial charge is 0.462 e. The average Bonchev–Trinajstić information content (AvgIpc) is 3.43. The molecule has 0 radical (unpaired) electrons. The minimum Gasteiger partial charge on any atom is -0.462 e. The van der Waals surface area contributed by atoms with E-state index in [2.05, 4.69) is 13.8 Å². The van der Waals surface area contributed by atoms with Crippen LogP contribution in [0, 0.1) is 0 Å². The quantitative estimate of drug-likeness (QED) is 0.0301. The molecular formula is C45H76NO9P. The van der Waals surface area contributed by atoms with E-state index in [1.807, 2.05) is 0 Å². The predicted octanol–water partition coefficient (Wildman–Crippen LogP) is 11.9. The highest BCUT2D eigenvalue weighted by Gasteiger charge is 2.36. The number of amides is 2. The first kappa shape index (κ1) is 49.6. The van der Waals surface area contributed by atoms with Gasteiger partial charge in [-0.3, -0.25) is 28.6 Å². The Hall–Kier alpha value is -2.55. The van der Waals surface area contributed by atoms with Crippen LogP contribution in [0.1, 0.15) is 214 Å². The number of imide groups is 1. The molecule has 10 nitrogen and oxygen atoms in total. The van der Waals surface area contributed by atoms with Crippen molar-refractivity contribution in [3.05, 3.63) is 35.4 Å². The third-order valence-electron chi connectivity index (χ3n) is 10.6. The maximum atomic E-state index is 13.0. The van der Waals surface area contributed by atoms with E-state index >= 15 is 0 Å². The van der Waals surface area contributed by atoms with Crippen LogP contribution in [0.5, 0.6) is 0 Å². The number of ether oxygens (including phenoxy) is 2. The van der Waals surface area contributed by atoms with E-state index in [0.717, 1.165) is 43.4 Å². The maximum absolute atomic E-state index is 13.0. The third-order valence-corrected chi connectivity index (χ3v) is 12.0. The first-order chi connectivity index (χ1) is 27.2. The monoisotopic (exact) mass is 806 g/mol. The average molecular weight is 806 g/mol. The molecule has 1 N–H and O–H groups in total. The first-order valence-corrected chi connectivity index (χ1v) is 24.2. The molecule has 1 aromatic rings. The van der Waals surface area contributed by atoms with Gasteiger partial charge in [0.15, 0.2) is 6.10 Å². The van der Waals surface area contributed by atoms with Crippen LogP contribution < -0.4 is 0 Å². The smallest absolute Gasteiger partial charge is 0.330 e. The van der Waals surface area contributed by atoms with Crippen LogP contribution >= 0.6 is 7.60 Å². The zero-order valence-corrected chi connectivity index (χ0v) is 36.0. The van der Waals surface area contributed by atoms with Gasteiger partial charge in [-0.05, 0) is 25.0 Å². The molecule has 0 fully saturated rings. The van der Waals surface area contributed by atoms with E-state index in [4.69, 9.17) is 14.0 Å². The summed E-state index contributed by atoms with van der Waals surface area (Å²) >= 11 is 0. The zero-order chi connectivity index (χ0) is 40.7. The Bertz CT molecular complexity index is 1250. The fourth-order valence-electron chi connectivity index (χ4n) is 7.13. The molecule has 0 aliphatic carbocycles. The first-order valence-electron chi connectivity index (χ1n) is 22.4. The highest BCUT2D eigenvalue weighted by atomic mass is 31.2. The fourth-order valence-corrected chi connectivity index (χ4v) is 8.11. The van der Waals surface area contributed by atoms with Gasteiger partial charge < -0.3 is 18.9 Å². The van der Waals surface area contributed by atoms with E-state index in [1.54, 1.807) is 24.3 Å². The molecule has 1 aliphatic heterocycles. The molecule has 0 spiro atoms. The molecule has 2 rings (SSSR count). The Labute approximate surface area is 339 Å². The van der Waals surface area contributed by atoms with Gasteiger partial charge in [0, 0.05) is 19.4 Å². The molecule has 56 heavy (non-hydrogen) atoms. The molecule has 1 aliphatic rings. The number of nitrogens with zero attached hydrogens (tertiary/aromatic N) is 1. The van der Waals surface area contributed by atoms with Gasteiger partial charge in [-0.2, -0.15) is 0 Å². The van der Waals surface area contributed by atoms with Crippen molar-refractivity contribution in [2.75, 3.05) is 25.9 Å². The van der Waals surface area contributed by atoms with Crippen molar-refractivity contribution in [3.8, 4) is 0 Å². The molecule has 1 unspecified atom stereocenters. The van der Waals surface area contributed by atoms with E-state index < -0.39 is 50.2 Å². The fraction of sp³-hybridized carbons (Fsp3) is 0.778. The Morgan fingerprint density at radius 1 is 0.589 bits per heavy atom. The number of hydrogen-bond donors (Lipinski definition) is 1. The lowest BCUT2D eigenvalue weighted by Gasteiger charge is -2.21. The summed E-state index contributed by atoms with van der Waals surface area (Å²) in [7, 11) is -4.31. The lowest BCUT2D eigenvalue weighted by atomic mass is 10.0. The summed E-state index contributed by atoms with van der Waals surface area (Å²) < 4.78 is 29.3. The van der Waals surface area contributed by atoms with Crippen LogP contribution in [0.15, 0.2) is 24.3 Å². The number of hydrogen-bond acceptors (Lipinski definition) is 8. The number of benzene rings is 1. The number of fused-ring (bicyclic) bond motifs is 1. The van der Waals surface area contributed by atoms with Crippen LogP contribution in [0.3, 0.4) is 0 Å². The lowest BCUT2D eigenvalue weighted by Crippen LogP contribution is -2.33. The summed E-state index contributed by atoms with van der Waals surface area (Å²) in [6, 6.07) is 6.39. The maximum Gasteiger partial charge on any atom is 0.330 e. The van der Waals surface area contributed by atoms with Crippen molar-refractivity contribution >= 4 is 31.3 Å². The Morgan fingerprint density at radius 3 is 1.38 bits per heavy atom. The summed E-state index contributed by atoms with van der Waals surface area (Å²) in [4.78, 5) is 62.3. The topological polar surface area (TPSA) is 137 Å². The minimum absolute atomic E-state index is 0.192. The van der Waals surface area contributed by atoms with Crippen molar-refractivity contribution in [3.63, 3.8) is 0 Å². The van der Waals surface area contributed by atoms with E-state index in [-0.39, 0.29) is 37.1 Å². The number of unbranched alkanes of at least 4 members (excludes halogenated alkanes) is 24. The molecule has 2 atom stereocenters. The van der Waals surface area contributed by atoms with Gasteiger partial charge in [0.25, 0.3) is 11.8 Å². The third kappa shape index (κ3) is 23.0. The molecule has 0 saturated heterocycles. The molecule has 0 saturated carbocycles. The molecule has 0 aromatic heterocycles. The van der Waals surface area contributed by atoms with Gasteiger partial charge in [-0.1, -0.05) is 180 Å². The second kappa shape index (κ2) is 31.4. The highest BCUT2D eigenvalue weighted by Crippen LogP contribution is 2.42. The van der Waals surface area contributed by atoms with Gasteiger partial charge in [-0.25, -0.2) is 0 Å². The molecule has 320 valence electrons. The van der Waals surface area contributed by atoms with Crippen molar-refractivity contribution in [2.24, 2.45) is 0 Å².